The highest BCUT2D eigenvalue weighted by Crippen LogP contribution is 2.42. The molecule has 2 heterocycles. The fourth-order valence-electron chi connectivity index (χ4n) is 5.36. The van der Waals surface area contributed by atoms with Crippen molar-refractivity contribution in [1.29, 1.82) is 0 Å². The molecule has 1 N–H and O–H groups in total. The molecule has 0 saturated carbocycles. The van der Waals surface area contributed by atoms with E-state index in [1.165, 1.54) is 10.4 Å². The molecule has 1 fully saturated rings. The minimum atomic E-state index is -3.74. The van der Waals surface area contributed by atoms with Crippen LogP contribution >= 0.6 is 0 Å². The number of rotatable bonds is 6. The molecule has 1 saturated heterocycles. The van der Waals surface area contributed by atoms with Crippen LogP contribution in [0, 0.1) is 17.0 Å². The van der Waals surface area contributed by atoms with Crippen molar-refractivity contribution in [2.45, 2.75) is 11.8 Å². The highest BCUT2D eigenvalue weighted by atomic mass is 32.2. The molecule has 41 heavy (non-hydrogen) atoms. The number of piperazine rings is 1. The molecular formula is C29H25N5O6S. The van der Waals surface area contributed by atoms with E-state index in [9.17, 15) is 28.1 Å². The Morgan fingerprint density at radius 2 is 1.49 bits per heavy atom. The lowest BCUT2D eigenvalue weighted by Crippen LogP contribution is -2.49. The number of carbonyl (C=O) groups excluding carboxylic acids is 2. The van der Waals surface area contributed by atoms with E-state index in [4.69, 9.17) is 0 Å². The maximum absolute atomic E-state index is 13.5. The lowest BCUT2D eigenvalue weighted by Gasteiger charge is -2.36. The van der Waals surface area contributed by atoms with Crippen LogP contribution in [0.15, 0.2) is 83.8 Å². The molecule has 2 amide bonds. The maximum atomic E-state index is 13.5. The number of aryl methyl sites for hydroxylation is 1. The summed E-state index contributed by atoms with van der Waals surface area (Å²) in [6.07, 6.45) is 0. The second-order valence-corrected chi connectivity index (χ2v) is 11.8. The number of nitrogens with one attached hydrogen (secondary N) is 1. The Morgan fingerprint density at radius 1 is 0.829 bits per heavy atom. The van der Waals surface area contributed by atoms with E-state index in [0.717, 1.165) is 10.6 Å². The first kappa shape index (κ1) is 26.4. The molecule has 0 aromatic heterocycles. The summed E-state index contributed by atoms with van der Waals surface area (Å²) in [6, 6.07) is 21.4. The first-order valence-corrected chi connectivity index (χ1v) is 14.4. The number of sulfonamides is 1. The van der Waals surface area contributed by atoms with Crippen LogP contribution in [0.25, 0.3) is 10.8 Å². The molecule has 0 bridgehead atoms. The van der Waals surface area contributed by atoms with Gasteiger partial charge in [-0.3, -0.25) is 25.1 Å². The number of amides is 2. The van der Waals surface area contributed by atoms with Crippen molar-refractivity contribution in [1.82, 2.24) is 9.31 Å². The molecule has 2 aliphatic heterocycles. The second-order valence-electron chi connectivity index (χ2n) is 9.90. The summed E-state index contributed by atoms with van der Waals surface area (Å²) in [5.41, 5.74) is 4.51. The Kier molecular flexibility index (Phi) is 6.43. The van der Waals surface area contributed by atoms with Crippen molar-refractivity contribution in [3.05, 3.63) is 106 Å². The van der Waals surface area contributed by atoms with Gasteiger partial charge in [-0.15, -0.1) is 0 Å². The predicted octanol–water partition coefficient (Wildman–Crippen LogP) is 4.19. The molecule has 0 spiro atoms. The molecule has 12 heteroatoms. The van der Waals surface area contributed by atoms with E-state index >= 15 is 0 Å². The average Bonchev–Trinajstić information content (AvgIpc) is 2.98. The van der Waals surface area contributed by atoms with E-state index in [-0.39, 0.29) is 53.6 Å². The van der Waals surface area contributed by atoms with Crippen molar-refractivity contribution >= 4 is 49.7 Å². The van der Waals surface area contributed by atoms with Crippen LogP contribution in [0.5, 0.6) is 0 Å². The number of benzene rings is 4. The third-order valence-corrected chi connectivity index (χ3v) is 9.32. The Balaban J connectivity index is 1.37. The summed E-state index contributed by atoms with van der Waals surface area (Å²) >= 11 is 0. The van der Waals surface area contributed by atoms with Crippen molar-refractivity contribution < 1.29 is 22.9 Å². The molecule has 11 nitrogen and oxygen atoms in total. The van der Waals surface area contributed by atoms with E-state index in [0.29, 0.717) is 16.5 Å². The summed E-state index contributed by atoms with van der Waals surface area (Å²) < 4.78 is 27.8. The number of hydrogen-bond donors (Lipinski definition) is 1. The van der Waals surface area contributed by atoms with E-state index in [2.05, 4.69) is 5.43 Å². The number of imide groups is 1. The zero-order chi connectivity index (χ0) is 28.9. The number of carbonyl (C=O) groups is 2. The third-order valence-electron chi connectivity index (χ3n) is 7.40. The Bertz CT molecular complexity index is 1820. The van der Waals surface area contributed by atoms with Gasteiger partial charge in [0.1, 0.15) is 5.69 Å². The first-order chi connectivity index (χ1) is 19.7. The highest BCUT2D eigenvalue weighted by molar-refractivity contribution is 7.89. The van der Waals surface area contributed by atoms with Crippen molar-refractivity contribution in [2.24, 2.45) is 0 Å². The molecule has 2 aliphatic rings. The fraction of sp³-hybridized carbons (Fsp3) is 0.172. The van der Waals surface area contributed by atoms with Crippen LogP contribution in [0.1, 0.15) is 26.3 Å². The Labute approximate surface area is 235 Å². The highest BCUT2D eigenvalue weighted by Gasteiger charge is 2.38. The van der Waals surface area contributed by atoms with Gasteiger partial charge in [-0.05, 0) is 37.3 Å². The number of hydrazine groups is 1. The van der Waals surface area contributed by atoms with Crippen molar-refractivity contribution in [2.75, 3.05) is 36.5 Å². The minimum absolute atomic E-state index is 0.0367. The van der Waals surface area contributed by atoms with Gasteiger partial charge >= 0.3 is 0 Å². The van der Waals surface area contributed by atoms with Gasteiger partial charge in [0.15, 0.2) is 0 Å². The number of hydrogen-bond acceptors (Lipinski definition) is 8. The fourth-order valence-corrected chi connectivity index (χ4v) is 6.78. The van der Waals surface area contributed by atoms with Crippen LogP contribution in [0.3, 0.4) is 0 Å². The van der Waals surface area contributed by atoms with Crippen LogP contribution in [-0.4, -0.2) is 60.6 Å². The molecule has 208 valence electrons. The standard InChI is InChI=1S/C29H25N5O6S/c1-19-10-12-21(13-11-19)41(39,40)32-16-14-31(15-17-32)27-22-8-5-9-23-26(22)24(18-25(27)34(37)38)29(36)33(28(23)35)30-20-6-3-2-4-7-20/h2-13,18,30H,14-17H2,1H3. The summed E-state index contributed by atoms with van der Waals surface area (Å²) in [5.74, 6) is -1.28. The molecule has 0 unspecified atom stereocenters. The molecule has 0 radical (unpaired) electrons. The molecule has 4 aromatic rings. The van der Waals surface area contributed by atoms with Crippen LogP contribution in [0.2, 0.25) is 0 Å². The lowest BCUT2D eigenvalue weighted by molar-refractivity contribution is -0.384. The summed E-state index contributed by atoms with van der Waals surface area (Å²) in [6.45, 7) is 2.48. The van der Waals surface area contributed by atoms with Gasteiger partial charge in [0, 0.05) is 43.0 Å². The number of anilines is 2. The number of nitro groups is 1. The Morgan fingerprint density at radius 3 is 2.15 bits per heavy atom. The Hall–Kier alpha value is -4.81. The first-order valence-electron chi connectivity index (χ1n) is 12.9. The molecule has 0 atom stereocenters. The van der Waals surface area contributed by atoms with Gasteiger partial charge in [0.2, 0.25) is 10.0 Å². The van der Waals surface area contributed by atoms with Gasteiger partial charge < -0.3 is 4.90 Å². The summed E-state index contributed by atoms with van der Waals surface area (Å²) in [5, 5.41) is 13.9. The van der Waals surface area contributed by atoms with E-state index in [1.807, 2.05) is 6.92 Å². The number of nitrogens with zero attached hydrogens (tertiary/aromatic N) is 4. The van der Waals surface area contributed by atoms with Crippen LogP contribution < -0.4 is 10.3 Å². The van der Waals surface area contributed by atoms with Gasteiger partial charge in [-0.1, -0.05) is 48.0 Å². The second kappa shape index (κ2) is 9.98. The number of nitro benzene ring substituents is 1. The lowest BCUT2D eigenvalue weighted by atomic mass is 9.92. The van der Waals surface area contributed by atoms with E-state index < -0.39 is 26.8 Å². The summed E-state index contributed by atoms with van der Waals surface area (Å²) in [7, 11) is -3.74. The van der Waals surface area contributed by atoms with Gasteiger partial charge in [0.05, 0.1) is 26.6 Å². The topological polar surface area (TPSA) is 133 Å². The van der Waals surface area contributed by atoms with Crippen LogP contribution in [-0.2, 0) is 10.0 Å². The predicted molar refractivity (Wildman–Crippen MR) is 153 cm³/mol. The zero-order valence-corrected chi connectivity index (χ0v) is 22.8. The van der Waals surface area contributed by atoms with Gasteiger partial charge in [-0.2, -0.15) is 9.31 Å². The monoisotopic (exact) mass is 571 g/mol. The maximum Gasteiger partial charge on any atom is 0.293 e. The average molecular weight is 572 g/mol. The van der Waals surface area contributed by atoms with E-state index in [1.54, 1.807) is 77.7 Å². The van der Waals surface area contributed by atoms with Crippen LogP contribution in [0.4, 0.5) is 17.1 Å². The molecule has 6 rings (SSSR count). The van der Waals surface area contributed by atoms with Crippen molar-refractivity contribution in [3.8, 4) is 0 Å². The molecular weight excluding hydrogens is 546 g/mol. The largest absolute Gasteiger partial charge is 0.363 e. The molecule has 0 aliphatic carbocycles. The summed E-state index contributed by atoms with van der Waals surface area (Å²) in [4.78, 5) is 40.7. The SMILES string of the molecule is Cc1ccc(S(=O)(=O)N2CCN(c3c([N+](=O)[O-])cc4c5c(cccc35)C(=O)N(Nc3ccccc3)C4=O)CC2)cc1. The van der Waals surface area contributed by atoms with Gasteiger partial charge in [-0.25, -0.2) is 8.42 Å². The quantitative estimate of drug-likeness (QED) is 0.207. The number of para-hydroxylation sites is 1. The van der Waals surface area contributed by atoms with Gasteiger partial charge in [0.25, 0.3) is 17.5 Å². The zero-order valence-electron chi connectivity index (χ0n) is 22.0. The minimum Gasteiger partial charge on any atom is -0.363 e. The third kappa shape index (κ3) is 4.46. The smallest absolute Gasteiger partial charge is 0.293 e. The van der Waals surface area contributed by atoms with Crippen molar-refractivity contribution in [3.63, 3.8) is 0 Å². The normalized spacial score (nSPS) is 15.8. The molecule has 4 aromatic carbocycles.